The molecule has 4 heteroatoms. The molecule has 0 radical (unpaired) electrons. The van der Waals surface area contributed by atoms with Gasteiger partial charge in [-0.05, 0) is 54.3 Å². The minimum absolute atomic E-state index is 0.0126. The lowest BCUT2D eigenvalue weighted by molar-refractivity contribution is 0.0600. The van der Waals surface area contributed by atoms with Crippen LogP contribution in [0.3, 0.4) is 0 Å². The summed E-state index contributed by atoms with van der Waals surface area (Å²) >= 11 is 0. The average molecular weight is 322 g/mol. The molecule has 4 nitrogen and oxygen atoms in total. The summed E-state index contributed by atoms with van der Waals surface area (Å²) in [6.07, 6.45) is 3.34. The Hall–Kier alpha value is -2.88. The first kappa shape index (κ1) is 16.0. The minimum Gasteiger partial charge on any atom is -0.497 e. The second-order valence-corrected chi connectivity index (χ2v) is 5.64. The van der Waals surface area contributed by atoms with Gasteiger partial charge < -0.3 is 9.47 Å². The van der Waals surface area contributed by atoms with Crippen molar-refractivity contribution in [2.75, 3.05) is 14.2 Å². The number of hydrogen-bond donors (Lipinski definition) is 0. The van der Waals surface area contributed by atoms with Crippen LogP contribution >= 0.6 is 0 Å². The predicted molar refractivity (Wildman–Crippen MR) is 91.4 cm³/mol. The van der Waals surface area contributed by atoms with E-state index in [1.54, 1.807) is 31.4 Å². The first-order chi connectivity index (χ1) is 11.6. The first-order valence-corrected chi connectivity index (χ1v) is 7.73. The van der Waals surface area contributed by atoms with E-state index in [0.29, 0.717) is 23.3 Å². The molecule has 122 valence electrons. The number of ketones is 1. The van der Waals surface area contributed by atoms with Crippen LogP contribution in [0.4, 0.5) is 0 Å². The van der Waals surface area contributed by atoms with Gasteiger partial charge in [-0.2, -0.15) is 0 Å². The Labute approximate surface area is 140 Å². The molecule has 2 aromatic carbocycles. The molecular formula is C20H18O4. The van der Waals surface area contributed by atoms with Crippen LogP contribution < -0.4 is 4.74 Å². The zero-order chi connectivity index (χ0) is 17.1. The second kappa shape index (κ2) is 6.71. The number of aryl methyl sites for hydroxylation is 1. The van der Waals surface area contributed by atoms with Crippen LogP contribution in [0.15, 0.2) is 48.0 Å². The third-order valence-electron chi connectivity index (χ3n) is 4.17. The van der Waals surface area contributed by atoms with E-state index in [9.17, 15) is 9.59 Å². The van der Waals surface area contributed by atoms with Gasteiger partial charge in [0.2, 0.25) is 0 Å². The fraction of sp³-hybridized carbons (Fsp3) is 0.200. The van der Waals surface area contributed by atoms with Crippen molar-refractivity contribution >= 4 is 17.8 Å². The average Bonchev–Trinajstić information content (AvgIpc) is 2.63. The van der Waals surface area contributed by atoms with E-state index in [2.05, 4.69) is 0 Å². The number of Topliss-reactive ketones (excluding diaryl/α,β-unsaturated/α-hetero) is 1. The molecule has 0 aliphatic heterocycles. The molecule has 24 heavy (non-hydrogen) atoms. The van der Waals surface area contributed by atoms with Crippen LogP contribution in [0.25, 0.3) is 6.08 Å². The number of allylic oxidation sites excluding steroid dienone is 1. The Balaban J connectivity index is 1.94. The number of benzene rings is 2. The molecule has 0 aromatic heterocycles. The van der Waals surface area contributed by atoms with E-state index in [4.69, 9.17) is 9.47 Å². The van der Waals surface area contributed by atoms with E-state index in [1.807, 2.05) is 24.3 Å². The van der Waals surface area contributed by atoms with Crippen LogP contribution in [0.1, 0.15) is 38.3 Å². The maximum absolute atomic E-state index is 12.7. The van der Waals surface area contributed by atoms with E-state index < -0.39 is 0 Å². The van der Waals surface area contributed by atoms with Crippen molar-refractivity contribution < 1.29 is 19.1 Å². The van der Waals surface area contributed by atoms with Crippen LogP contribution in [0.2, 0.25) is 0 Å². The topological polar surface area (TPSA) is 52.6 Å². The van der Waals surface area contributed by atoms with Gasteiger partial charge in [0.1, 0.15) is 5.75 Å². The van der Waals surface area contributed by atoms with Gasteiger partial charge in [0.25, 0.3) is 0 Å². The number of fused-ring (bicyclic) bond motifs is 1. The largest absolute Gasteiger partial charge is 0.497 e. The lowest BCUT2D eigenvalue weighted by atomic mass is 9.86. The van der Waals surface area contributed by atoms with Gasteiger partial charge in [-0.1, -0.05) is 18.2 Å². The monoisotopic (exact) mass is 322 g/mol. The number of ether oxygens (including phenoxy) is 2. The van der Waals surface area contributed by atoms with Gasteiger partial charge in [-0.25, -0.2) is 4.79 Å². The molecule has 3 rings (SSSR count). The van der Waals surface area contributed by atoms with Gasteiger partial charge in [-0.3, -0.25) is 4.79 Å². The zero-order valence-corrected chi connectivity index (χ0v) is 13.7. The molecule has 0 bridgehead atoms. The zero-order valence-electron chi connectivity index (χ0n) is 13.7. The Morgan fingerprint density at radius 1 is 1.08 bits per heavy atom. The highest BCUT2D eigenvalue weighted by atomic mass is 16.5. The van der Waals surface area contributed by atoms with Crippen molar-refractivity contribution in [1.82, 2.24) is 0 Å². The molecule has 0 unspecified atom stereocenters. The molecular weight excluding hydrogens is 304 g/mol. The quantitative estimate of drug-likeness (QED) is 0.639. The van der Waals surface area contributed by atoms with Crippen LogP contribution in [-0.4, -0.2) is 26.0 Å². The standard InChI is InChI=1S/C20H18O4/c1-23-17-9-8-14-6-7-15(19(21)18(14)12-17)10-13-4-3-5-16(11-13)20(22)24-2/h3-5,8-12H,6-7H2,1-2H3/b15-10+. The summed E-state index contributed by atoms with van der Waals surface area (Å²) in [4.78, 5) is 24.4. The summed E-state index contributed by atoms with van der Waals surface area (Å²) in [6.45, 7) is 0. The van der Waals surface area contributed by atoms with E-state index in [1.165, 1.54) is 7.11 Å². The maximum Gasteiger partial charge on any atom is 0.337 e. The summed E-state index contributed by atoms with van der Waals surface area (Å²) in [5.74, 6) is 0.301. The lowest BCUT2D eigenvalue weighted by Gasteiger charge is -2.18. The Morgan fingerprint density at radius 2 is 1.92 bits per heavy atom. The molecule has 0 atom stereocenters. The normalized spacial score (nSPS) is 15.1. The van der Waals surface area contributed by atoms with E-state index in [-0.39, 0.29) is 11.8 Å². The Bertz CT molecular complexity index is 833. The number of rotatable bonds is 3. The molecule has 1 aliphatic carbocycles. The van der Waals surface area contributed by atoms with Crippen LogP contribution in [-0.2, 0) is 11.2 Å². The molecule has 0 fully saturated rings. The van der Waals surface area contributed by atoms with Gasteiger partial charge in [0.15, 0.2) is 5.78 Å². The summed E-state index contributed by atoms with van der Waals surface area (Å²) in [7, 11) is 2.94. The fourth-order valence-corrected chi connectivity index (χ4v) is 2.88. The third-order valence-corrected chi connectivity index (χ3v) is 4.17. The summed E-state index contributed by atoms with van der Waals surface area (Å²) < 4.78 is 9.95. The van der Waals surface area contributed by atoms with Gasteiger partial charge >= 0.3 is 5.97 Å². The molecule has 0 saturated carbocycles. The predicted octanol–water partition coefficient (Wildman–Crippen LogP) is 3.69. The molecule has 2 aromatic rings. The van der Waals surface area contributed by atoms with Crippen molar-refractivity contribution in [3.05, 3.63) is 70.3 Å². The summed E-state index contributed by atoms with van der Waals surface area (Å²) in [5, 5.41) is 0. The second-order valence-electron chi connectivity index (χ2n) is 5.64. The van der Waals surface area contributed by atoms with Crippen molar-refractivity contribution in [3.63, 3.8) is 0 Å². The number of carbonyl (C=O) groups excluding carboxylic acids is 2. The molecule has 1 aliphatic rings. The molecule has 0 N–H and O–H groups in total. The highest BCUT2D eigenvalue weighted by Crippen LogP contribution is 2.29. The molecule has 0 heterocycles. The van der Waals surface area contributed by atoms with Gasteiger partial charge in [-0.15, -0.1) is 0 Å². The van der Waals surface area contributed by atoms with Gasteiger partial charge in [0.05, 0.1) is 19.8 Å². The first-order valence-electron chi connectivity index (χ1n) is 7.73. The smallest absolute Gasteiger partial charge is 0.337 e. The van der Waals surface area contributed by atoms with Gasteiger partial charge in [0, 0.05) is 11.1 Å². The van der Waals surface area contributed by atoms with Crippen molar-refractivity contribution in [2.45, 2.75) is 12.8 Å². The highest BCUT2D eigenvalue weighted by Gasteiger charge is 2.22. The minimum atomic E-state index is -0.389. The highest BCUT2D eigenvalue weighted by molar-refractivity contribution is 6.13. The maximum atomic E-state index is 12.7. The van der Waals surface area contributed by atoms with E-state index >= 15 is 0 Å². The van der Waals surface area contributed by atoms with Crippen molar-refractivity contribution in [1.29, 1.82) is 0 Å². The third kappa shape index (κ3) is 3.08. The van der Waals surface area contributed by atoms with E-state index in [0.717, 1.165) is 23.1 Å². The lowest BCUT2D eigenvalue weighted by Crippen LogP contribution is -2.14. The van der Waals surface area contributed by atoms with Crippen LogP contribution in [0.5, 0.6) is 5.75 Å². The van der Waals surface area contributed by atoms with Crippen LogP contribution in [0, 0.1) is 0 Å². The Morgan fingerprint density at radius 3 is 2.67 bits per heavy atom. The molecule has 0 spiro atoms. The van der Waals surface area contributed by atoms with Crippen molar-refractivity contribution in [3.8, 4) is 5.75 Å². The number of carbonyl (C=O) groups is 2. The summed E-state index contributed by atoms with van der Waals surface area (Å²) in [5.41, 5.74) is 3.75. The molecule has 0 saturated heterocycles. The number of esters is 1. The number of methoxy groups -OCH3 is 2. The number of hydrogen-bond acceptors (Lipinski definition) is 4. The van der Waals surface area contributed by atoms with Crippen molar-refractivity contribution in [2.24, 2.45) is 0 Å². The fourth-order valence-electron chi connectivity index (χ4n) is 2.88. The summed E-state index contributed by atoms with van der Waals surface area (Å²) in [6, 6.07) is 12.7. The SMILES string of the molecule is COC(=O)c1cccc(/C=C2\CCc3ccc(OC)cc3C2=O)c1. The molecule has 0 amide bonds. The Kier molecular flexibility index (Phi) is 4.47.